The third kappa shape index (κ3) is 1.37. The van der Waals surface area contributed by atoms with Crippen LogP contribution < -0.4 is 4.73 Å². The largest absolute Gasteiger partial charge is 0.618 e. The van der Waals surface area contributed by atoms with E-state index < -0.39 is 0 Å². The predicted molar refractivity (Wildman–Crippen MR) is 71.5 cm³/mol. The van der Waals surface area contributed by atoms with E-state index in [4.69, 9.17) is 0 Å². The molecule has 16 heavy (non-hydrogen) atoms. The number of rotatable bonds is 0. The maximum Gasteiger partial charge on any atom is 0.243 e. The lowest BCUT2D eigenvalue weighted by molar-refractivity contribution is -0.575. The summed E-state index contributed by atoms with van der Waals surface area (Å²) in [5, 5.41) is 12.7. The zero-order valence-electron chi connectivity index (χ0n) is 7.78. The van der Waals surface area contributed by atoms with E-state index in [0.717, 1.165) is 28.6 Å². The van der Waals surface area contributed by atoms with Crippen molar-refractivity contribution in [2.75, 3.05) is 0 Å². The summed E-state index contributed by atoms with van der Waals surface area (Å²) in [5.41, 5.74) is 1.34. The topological polar surface area (TPSA) is 39.8 Å². The molecular weight excluding hydrogens is 356 g/mol. The van der Waals surface area contributed by atoms with Crippen LogP contribution in [0.4, 0.5) is 0 Å². The van der Waals surface area contributed by atoms with Gasteiger partial charge in [0.05, 0.1) is 18.3 Å². The summed E-state index contributed by atoms with van der Waals surface area (Å²) in [5.74, 6) is 0. The second-order valence-electron chi connectivity index (χ2n) is 3.26. The SMILES string of the molecule is [O-][n+]1cc2c(Br)c(Br)sc2c2ncccc21. The molecule has 0 saturated heterocycles. The first-order valence-corrected chi connectivity index (χ1v) is 6.83. The standard InChI is InChI=1S/C10H4Br2N2OS/c11-7-5-4-14(15)6-2-1-3-13-8(6)9(5)16-10(7)12/h1-4H. The smallest absolute Gasteiger partial charge is 0.243 e. The summed E-state index contributed by atoms with van der Waals surface area (Å²) in [4.78, 5) is 4.27. The fourth-order valence-corrected chi connectivity index (χ4v) is 3.89. The fourth-order valence-electron chi connectivity index (χ4n) is 1.62. The second-order valence-corrected chi connectivity index (χ2v) is 6.39. The minimum Gasteiger partial charge on any atom is -0.618 e. The first-order chi connectivity index (χ1) is 7.68. The predicted octanol–water partition coefficient (Wildman–Crippen LogP) is 3.61. The minimum atomic E-state index is 0.594. The van der Waals surface area contributed by atoms with Gasteiger partial charge < -0.3 is 5.21 Å². The summed E-state index contributed by atoms with van der Waals surface area (Å²) < 4.78 is 3.75. The van der Waals surface area contributed by atoms with Crippen LogP contribution in [0.2, 0.25) is 0 Å². The Hall–Kier alpha value is -0.720. The molecule has 3 nitrogen and oxygen atoms in total. The normalized spacial score (nSPS) is 11.4. The maximum absolute atomic E-state index is 11.8. The highest BCUT2D eigenvalue weighted by Crippen LogP contribution is 2.40. The molecule has 0 N–H and O–H groups in total. The number of aromatic nitrogens is 2. The Morgan fingerprint density at radius 2 is 2.19 bits per heavy atom. The number of thiophene rings is 1. The van der Waals surface area contributed by atoms with E-state index in [9.17, 15) is 5.21 Å². The molecule has 0 aliphatic rings. The average molecular weight is 360 g/mol. The van der Waals surface area contributed by atoms with Crippen LogP contribution in [0.1, 0.15) is 0 Å². The summed E-state index contributed by atoms with van der Waals surface area (Å²) in [7, 11) is 0. The van der Waals surface area contributed by atoms with Crippen LogP contribution in [0.5, 0.6) is 0 Å². The molecule has 0 amide bonds. The lowest BCUT2D eigenvalue weighted by Gasteiger charge is -2.01. The van der Waals surface area contributed by atoms with Crippen LogP contribution in [0.25, 0.3) is 21.1 Å². The van der Waals surface area contributed by atoms with E-state index in [2.05, 4.69) is 36.8 Å². The minimum absolute atomic E-state index is 0.594. The van der Waals surface area contributed by atoms with Crippen molar-refractivity contribution in [1.29, 1.82) is 0 Å². The number of nitrogens with zero attached hydrogens (tertiary/aromatic N) is 2. The van der Waals surface area contributed by atoms with Gasteiger partial charge in [-0.2, -0.15) is 4.73 Å². The quantitative estimate of drug-likeness (QED) is 0.454. The second kappa shape index (κ2) is 3.65. The Labute approximate surface area is 112 Å². The zero-order chi connectivity index (χ0) is 11.3. The van der Waals surface area contributed by atoms with Gasteiger partial charge in [0.1, 0.15) is 0 Å². The summed E-state index contributed by atoms with van der Waals surface area (Å²) >= 11 is 8.48. The average Bonchev–Trinajstić information content (AvgIpc) is 2.57. The third-order valence-corrected chi connectivity index (χ3v) is 5.83. The molecule has 0 aromatic carbocycles. The van der Waals surface area contributed by atoms with Gasteiger partial charge >= 0.3 is 0 Å². The van der Waals surface area contributed by atoms with Gasteiger partial charge in [-0.1, -0.05) is 0 Å². The molecule has 3 aromatic rings. The van der Waals surface area contributed by atoms with E-state index in [1.807, 2.05) is 0 Å². The molecule has 0 aliphatic carbocycles. The Balaban J connectivity index is 2.64. The fraction of sp³-hybridized carbons (Fsp3) is 0. The Morgan fingerprint density at radius 3 is 3.00 bits per heavy atom. The summed E-state index contributed by atoms with van der Waals surface area (Å²) in [6, 6.07) is 3.54. The summed E-state index contributed by atoms with van der Waals surface area (Å²) in [6.45, 7) is 0. The van der Waals surface area contributed by atoms with Gasteiger partial charge in [0.15, 0.2) is 11.7 Å². The van der Waals surface area contributed by atoms with Crippen molar-refractivity contribution in [2.45, 2.75) is 0 Å². The number of fused-ring (bicyclic) bond motifs is 3. The number of hydrogen-bond donors (Lipinski definition) is 0. The molecule has 3 aromatic heterocycles. The number of pyridine rings is 2. The van der Waals surface area contributed by atoms with Crippen molar-refractivity contribution in [1.82, 2.24) is 4.98 Å². The number of halogens is 2. The molecule has 0 aliphatic heterocycles. The highest BCUT2D eigenvalue weighted by molar-refractivity contribution is 9.13. The Kier molecular flexibility index (Phi) is 2.38. The Morgan fingerprint density at radius 1 is 1.38 bits per heavy atom. The molecule has 0 atom stereocenters. The van der Waals surface area contributed by atoms with Gasteiger partial charge in [0.25, 0.3) is 0 Å². The van der Waals surface area contributed by atoms with E-state index in [-0.39, 0.29) is 0 Å². The van der Waals surface area contributed by atoms with Crippen LogP contribution in [0.3, 0.4) is 0 Å². The number of hydrogen-bond acceptors (Lipinski definition) is 3. The molecule has 3 rings (SSSR count). The van der Waals surface area contributed by atoms with Crippen molar-refractivity contribution in [2.24, 2.45) is 0 Å². The van der Waals surface area contributed by atoms with Gasteiger partial charge in [-0.15, -0.1) is 11.3 Å². The highest BCUT2D eigenvalue weighted by Gasteiger charge is 2.16. The van der Waals surface area contributed by atoms with Crippen molar-refractivity contribution in [3.8, 4) is 0 Å². The van der Waals surface area contributed by atoms with Gasteiger partial charge in [0.2, 0.25) is 5.52 Å². The first kappa shape index (κ1) is 10.4. The van der Waals surface area contributed by atoms with Crippen LogP contribution in [0, 0.1) is 5.21 Å². The molecule has 0 radical (unpaired) electrons. The monoisotopic (exact) mass is 358 g/mol. The molecule has 0 saturated carbocycles. The molecule has 80 valence electrons. The molecule has 0 fully saturated rings. The van der Waals surface area contributed by atoms with Crippen molar-refractivity contribution < 1.29 is 4.73 Å². The van der Waals surface area contributed by atoms with Crippen LogP contribution >= 0.6 is 43.2 Å². The van der Waals surface area contributed by atoms with Crippen LogP contribution in [-0.2, 0) is 0 Å². The first-order valence-electron chi connectivity index (χ1n) is 4.43. The molecular formula is C10H4Br2N2OS. The summed E-state index contributed by atoms with van der Waals surface area (Å²) in [6.07, 6.45) is 3.27. The van der Waals surface area contributed by atoms with Gasteiger partial charge in [0, 0.05) is 12.3 Å². The molecule has 6 heteroatoms. The Bertz CT molecular complexity index is 711. The third-order valence-electron chi connectivity index (χ3n) is 2.33. The van der Waals surface area contributed by atoms with E-state index in [1.54, 1.807) is 35.9 Å². The van der Waals surface area contributed by atoms with E-state index in [0.29, 0.717) is 5.52 Å². The lowest BCUT2D eigenvalue weighted by atomic mass is 10.3. The molecule has 0 unspecified atom stereocenters. The van der Waals surface area contributed by atoms with Crippen molar-refractivity contribution >= 4 is 64.3 Å². The van der Waals surface area contributed by atoms with Crippen molar-refractivity contribution in [3.05, 3.63) is 38.0 Å². The van der Waals surface area contributed by atoms with Gasteiger partial charge in [-0.3, -0.25) is 0 Å². The van der Waals surface area contributed by atoms with Crippen LogP contribution in [0.15, 0.2) is 32.8 Å². The molecule has 3 heterocycles. The van der Waals surface area contributed by atoms with E-state index in [1.165, 1.54) is 0 Å². The zero-order valence-corrected chi connectivity index (χ0v) is 11.8. The van der Waals surface area contributed by atoms with Gasteiger partial charge in [-0.05, 0) is 37.9 Å². The maximum atomic E-state index is 11.8. The lowest BCUT2D eigenvalue weighted by Crippen LogP contribution is -2.26. The van der Waals surface area contributed by atoms with E-state index >= 15 is 0 Å². The molecule has 0 bridgehead atoms. The highest BCUT2D eigenvalue weighted by atomic mass is 79.9. The molecule has 0 spiro atoms. The van der Waals surface area contributed by atoms with Gasteiger partial charge in [-0.25, -0.2) is 4.98 Å². The van der Waals surface area contributed by atoms with Crippen molar-refractivity contribution in [3.63, 3.8) is 0 Å². The van der Waals surface area contributed by atoms with Crippen LogP contribution in [-0.4, -0.2) is 4.98 Å².